The SMILES string of the molecule is C.C=C1CC2(CCC(C)CC2)C(=O)N1.CC1CC(C)(C#N)C1.CC1CC(C)(C#N)C1.CC1CC(C)(C#N)C1.CC1CC(C)(C#N)C1.CC1CC(C)(C(N)=O)C1.CC1CC(C)(C(N)=O)C1.CCC.CCC.CCC.CCC.CCC.CCC.CCC.CCS(=O)(=O)N1CCC(C(C)(C)C)CC1.CN1CCC(C(C)(C)C)CC1. The lowest BCUT2D eigenvalue weighted by Gasteiger charge is -2.40. The van der Waals surface area contributed by atoms with E-state index in [9.17, 15) is 22.8 Å². The molecular formula is C96H191N9O5S. The van der Waals surface area contributed by atoms with E-state index >= 15 is 0 Å². The number of hydrogen-bond acceptors (Lipinski definition) is 10. The molecule has 5 N–H and O–H groups in total. The summed E-state index contributed by atoms with van der Waals surface area (Å²) < 4.78 is 24.9. The number of carbonyl (C=O) groups is 3. The third-order valence-electron chi connectivity index (χ3n) is 21.8. The van der Waals surface area contributed by atoms with Gasteiger partial charge in [-0.05, 0) is 247 Å². The van der Waals surface area contributed by atoms with Gasteiger partial charge in [0.1, 0.15) is 0 Å². The van der Waals surface area contributed by atoms with Crippen LogP contribution in [0.4, 0.5) is 0 Å². The van der Waals surface area contributed by atoms with E-state index in [2.05, 4.69) is 235 Å². The van der Waals surface area contributed by atoms with Gasteiger partial charge in [0.15, 0.2) is 0 Å². The zero-order chi connectivity index (χ0) is 87.5. The topological polar surface area (TPSA) is 251 Å². The van der Waals surface area contributed by atoms with Crippen LogP contribution in [0.1, 0.15) is 423 Å². The highest BCUT2D eigenvalue weighted by atomic mass is 32.2. The molecule has 0 bridgehead atoms. The van der Waals surface area contributed by atoms with E-state index in [4.69, 9.17) is 32.5 Å². The molecule has 3 amide bonds. The lowest BCUT2D eigenvalue weighted by atomic mass is 9.63. The van der Waals surface area contributed by atoms with Crippen molar-refractivity contribution in [1.82, 2.24) is 14.5 Å². The first kappa shape index (κ1) is 120. The van der Waals surface area contributed by atoms with Gasteiger partial charge in [-0.25, -0.2) is 12.7 Å². The van der Waals surface area contributed by atoms with Gasteiger partial charge in [-0.15, -0.1) is 0 Å². The maximum Gasteiger partial charge on any atom is 0.230 e. The zero-order valence-corrected chi connectivity index (χ0v) is 80.3. The first-order valence-corrected chi connectivity index (χ1v) is 46.0. The molecule has 0 atom stereocenters. The highest BCUT2D eigenvalue weighted by Gasteiger charge is 2.47. The van der Waals surface area contributed by atoms with Gasteiger partial charge in [-0.3, -0.25) is 14.4 Å². The molecule has 0 unspecified atom stereocenters. The molecule has 10 aliphatic rings. The summed E-state index contributed by atoms with van der Waals surface area (Å²) in [6, 6.07) is 9.23. The summed E-state index contributed by atoms with van der Waals surface area (Å²) in [6.45, 7) is 80.5. The Morgan fingerprint density at radius 1 is 0.441 bits per heavy atom. The Morgan fingerprint density at radius 2 is 0.658 bits per heavy atom. The van der Waals surface area contributed by atoms with E-state index in [1.54, 1.807) is 11.2 Å². The largest absolute Gasteiger partial charge is 0.369 e. The van der Waals surface area contributed by atoms with Crippen molar-refractivity contribution < 1.29 is 22.8 Å². The summed E-state index contributed by atoms with van der Waals surface area (Å²) in [7, 11) is -0.736. The molecule has 0 aromatic rings. The highest BCUT2D eigenvalue weighted by molar-refractivity contribution is 7.89. The standard InChI is InChI=1S/C11H23NO2S.C11H17NO.C10H21N.2C7H13NO.4C7H11N.7C3H8.CH4/c1-5-15(13,14)12-8-6-10(7-9-12)11(2,3)4;1-8-3-5-11(6-4-8)7-9(2)12-10(11)13;1-10(2,3)9-5-7-11(4)8-6-9;2*1-5-3-7(2,4-5)6(8)9;4*1-6-3-7(2,4-6)5-8;7*1-3-2;/h10H,5-9H2,1-4H3;8H,2-7H2,1H3,(H,12,13);9H,5-8H2,1-4H3;2*5H,3-4H2,1-2H3,(H2,8,9);4*6H,3-4H2,1-2H3;7*3H2,1-2H3;1H4. The summed E-state index contributed by atoms with van der Waals surface area (Å²) >= 11 is 0. The van der Waals surface area contributed by atoms with Crippen molar-refractivity contribution in [2.75, 3.05) is 39.0 Å². The van der Waals surface area contributed by atoms with Gasteiger partial charge in [0.2, 0.25) is 27.7 Å². The lowest BCUT2D eigenvalue weighted by Crippen LogP contribution is -2.44. The molecule has 7 saturated carbocycles. The number of primary amides is 2. The lowest BCUT2D eigenvalue weighted by molar-refractivity contribution is -0.134. The number of nitrogens with zero attached hydrogens (tertiary/aromatic N) is 6. The van der Waals surface area contributed by atoms with Crippen LogP contribution in [0.15, 0.2) is 12.3 Å². The number of allylic oxidation sites excluding steroid dienone is 1. The van der Waals surface area contributed by atoms with Crippen molar-refractivity contribution in [3.05, 3.63) is 12.3 Å². The van der Waals surface area contributed by atoms with Crippen LogP contribution in [0.25, 0.3) is 0 Å². The van der Waals surface area contributed by atoms with E-state index in [1.807, 2.05) is 41.5 Å². The van der Waals surface area contributed by atoms with Gasteiger partial charge in [-0.2, -0.15) is 21.0 Å². The molecule has 3 heterocycles. The van der Waals surface area contributed by atoms with Crippen LogP contribution >= 0.6 is 0 Å². The predicted molar refractivity (Wildman–Crippen MR) is 483 cm³/mol. The number of amides is 3. The van der Waals surface area contributed by atoms with Crippen molar-refractivity contribution in [2.45, 2.75) is 423 Å². The number of likely N-dealkylation sites (tertiary alicyclic amines) is 1. The predicted octanol–water partition coefficient (Wildman–Crippen LogP) is 26.8. The molecule has 3 aliphatic heterocycles. The maximum absolute atomic E-state index is 11.7. The Kier molecular flexibility index (Phi) is 65.5. The fourth-order valence-corrected chi connectivity index (χ4v) is 17.4. The molecule has 111 heavy (non-hydrogen) atoms. The number of nitrogens with two attached hydrogens (primary N) is 2. The summed E-state index contributed by atoms with van der Waals surface area (Å²) in [5.74, 6) is 7.13. The molecule has 1 spiro atoms. The van der Waals surface area contributed by atoms with Crippen molar-refractivity contribution in [1.29, 1.82) is 21.0 Å². The molecular weight excluding hydrogens is 1390 g/mol. The fourth-order valence-electron chi connectivity index (χ4n) is 16.2. The second kappa shape index (κ2) is 60.5. The first-order valence-electron chi connectivity index (χ1n) is 44.4. The third kappa shape index (κ3) is 52.3. The van der Waals surface area contributed by atoms with Crippen molar-refractivity contribution in [3.63, 3.8) is 0 Å². The summed E-state index contributed by atoms with van der Waals surface area (Å²) in [5, 5.41) is 36.9. The van der Waals surface area contributed by atoms with E-state index in [0.29, 0.717) is 41.7 Å². The Bertz CT molecular complexity index is 2490. The van der Waals surface area contributed by atoms with Gasteiger partial charge in [0.05, 0.1) is 57.1 Å². The Morgan fingerprint density at radius 3 is 0.802 bits per heavy atom. The Labute approximate surface area is 693 Å². The molecule has 0 aromatic heterocycles. The van der Waals surface area contributed by atoms with E-state index in [0.717, 1.165) is 150 Å². The van der Waals surface area contributed by atoms with Gasteiger partial charge in [0.25, 0.3) is 0 Å². The minimum absolute atomic E-state index is 0. The number of sulfonamides is 1. The second-order valence-corrected chi connectivity index (χ2v) is 41.9. The smallest absolute Gasteiger partial charge is 0.230 e. The molecule has 14 nitrogen and oxygen atoms in total. The van der Waals surface area contributed by atoms with Crippen LogP contribution in [-0.4, -0.2) is 74.3 Å². The minimum Gasteiger partial charge on any atom is -0.369 e. The van der Waals surface area contributed by atoms with Gasteiger partial charge < -0.3 is 21.7 Å². The quantitative estimate of drug-likeness (QED) is 0.240. The number of nitrogens with one attached hydrogen (secondary N) is 1. The Hall–Kier alpha value is -4.02. The number of nitriles is 4. The van der Waals surface area contributed by atoms with Gasteiger partial charge >= 0.3 is 0 Å². The second-order valence-electron chi connectivity index (χ2n) is 39.7. The molecule has 7 aliphatic carbocycles. The van der Waals surface area contributed by atoms with E-state index in [1.165, 1.54) is 83.7 Å². The fraction of sp³-hybridized carbons (Fsp3) is 0.906. The number of rotatable bonds is 4. The number of piperidine rings is 2. The first-order chi connectivity index (χ1) is 50.5. The van der Waals surface area contributed by atoms with Crippen LogP contribution in [0.5, 0.6) is 0 Å². The molecule has 3 saturated heterocycles. The number of hydrogen-bond donors (Lipinski definition) is 3. The van der Waals surface area contributed by atoms with Crippen LogP contribution in [0.2, 0.25) is 0 Å². The van der Waals surface area contributed by atoms with Gasteiger partial charge in [0, 0.05) is 36.0 Å². The molecule has 15 heteroatoms. The third-order valence-corrected chi connectivity index (χ3v) is 23.7. The molecule has 0 radical (unpaired) electrons. The normalized spacial score (nSPS) is 30.8. The summed E-state index contributed by atoms with van der Waals surface area (Å²) in [6.07, 6.45) is 31.6. The molecule has 10 fully saturated rings. The molecule has 0 aromatic carbocycles. The van der Waals surface area contributed by atoms with E-state index in [-0.39, 0.29) is 68.8 Å². The number of carbonyl (C=O) groups excluding carboxylic acids is 3. The maximum atomic E-state index is 11.7. The van der Waals surface area contributed by atoms with Crippen molar-refractivity contribution in [2.24, 2.45) is 113 Å². The minimum atomic E-state index is -2.96. The highest BCUT2D eigenvalue weighted by Crippen LogP contribution is 2.49. The zero-order valence-electron chi connectivity index (χ0n) is 79.5. The van der Waals surface area contributed by atoms with Gasteiger partial charge in [-0.1, -0.05) is 260 Å². The van der Waals surface area contributed by atoms with Crippen LogP contribution in [-0.2, 0) is 24.4 Å². The average Bonchev–Trinajstić information content (AvgIpc) is 1.77. The summed E-state index contributed by atoms with van der Waals surface area (Å²) in [5.41, 5.74) is 11.8. The Balaban J connectivity index is -0.000000213. The van der Waals surface area contributed by atoms with Crippen molar-refractivity contribution >= 4 is 27.7 Å². The van der Waals surface area contributed by atoms with Crippen molar-refractivity contribution in [3.8, 4) is 24.3 Å². The molecule has 10 rings (SSSR count). The van der Waals surface area contributed by atoms with Crippen LogP contribution in [0, 0.1) is 147 Å². The summed E-state index contributed by atoms with van der Waals surface area (Å²) in [4.78, 5) is 35.5. The van der Waals surface area contributed by atoms with Crippen LogP contribution < -0.4 is 16.8 Å². The monoisotopic (exact) mass is 1580 g/mol. The van der Waals surface area contributed by atoms with E-state index < -0.39 is 10.0 Å². The molecule has 656 valence electrons. The van der Waals surface area contributed by atoms with Crippen LogP contribution in [0.3, 0.4) is 0 Å². The average molecular weight is 1580 g/mol.